The molecule has 0 aliphatic rings. The topological polar surface area (TPSA) is 12.0 Å². The van der Waals surface area contributed by atoms with Crippen molar-refractivity contribution in [3.8, 4) is 0 Å². The summed E-state index contributed by atoms with van der Waals surface area (Å²) in [6.07, 6.45) is 0. The van der Waals surface area contributed by atoms with Crippen LogP contribution in [-0.2, 0) is 0 Å². The molecule has 2 rings (SSSR count). The van der Waals surface area contributed by atoms with E-state index in [-0.39, 0.29) is 5.82 Å². The molecule has 0 aliphatic heterocycles. The van der Waals surface area contributed by atoms with Gasteiger partial charge in [0.2, 0.25) is 0 Å². The molecule has 20 heavy (non-hydrogen) atoms. The van der Waals surface area contributed by atoms with E-state index >= 15 is 0 Å². The molecule has 1 unspecified atom stereocenters. The molecule has 0 saturated carbocycles. The summed E-state index contributed by atoms with van der Waals surface area (Å²) < 4.78 is 40.4. The van der Waals surface area contributed by atoms with Crippen molar-refractivity contribution in [2.24, 2.45) is 0 Å². The highest BCUT2D eigenvalue weighted by Gasteiger charge is 2.18. The average Bonchev–Trinajstić information content (AvgIpc) is 2.42. The fourth-order valence-corrected chi connectivity index (χ4v) is 2.19. The maximum absolute atomic E-state index is 14.0. The molecular formula is C16H16F3N. The van der Waals surface area contributed by atoms with Crippen molar-refractivity contribution in [3.63, 3.8) is 0 Å². The molecule has 0 saturated heterocycles. The van der Waals surface area contributed by atoms with Crippen molar-refractivity contribution in [2.75, 3.05) is 6.54 Å². The van der Waals surface area contributed by atoms with Crippen molar-refractivity contribution in [2.45, 2.75) is 19.9 Å². The van der Waals surface area contributed by atoms with Crippen molar-refractivity contribution in [1.82, 2.24) is 5.32 Å². The number of rotatable bonds is 4. The van der Waals surface area contributed by atoms with E-state index in [1.165, 1.54) is 12.1 Å². The van der Waals surface area contributed by atoms with E-state index in [2.05, 4.69) is 5.32 Å². The Morgan fingerprint density at radius 1 is 0.950 bits per heavy atom. The van der Waals surface area contributed by atoms with Gasteiger partial charge in [-0.25, -0.2) is 13.2 Å². The van der Waals surface area contributed by atoms with Crippen LogP contribution in [0.4, 0.5) is 13.2 Å². The van der Waals surface area contributed by atoms with Gasteiger partial charge in [-0.2, -0.15) is 0 Å². The largest absolute Gasteiger partial charge is 0.306 e. The van der Waals surface area contributed by atoms with E-state index in [1.54, 1.807) is 12.1 Å². The summed E-state index contributed by atoms with van der Waals surface area (Å²) in [5.74, 6) is -2.21. The Morgan fingerprint density at radius 3 is 2.30 bits per heavy atom. The molecule has 1 atom stereocenters. The molecular weight excluding hydrogens is 263 g/mol. The zero-order chi connectivity index (χ0) is 14.7. The highest BCUT2D eigenvalue weighted by molar-refractivity contribution is 5.35. The van der Waals surface area contributed by atoms with Crippen LogP contribution in [-0.4, -0.2) is 6.54 Å². The molecule has 106 valence electrons. The lowest BCUT2D eigenvalue weighted by Gasteiger charge is -2.20. The number of halogens is 3. The number of hydrogen-bond donors (Lipinski definition) is 1. The second-order valence-electron chi connectivity index (χ2n) is 4.69. The fourth-order valence-electron chi connectivity index (χ4n) is 2.19. The Morgan fingerprint density at radius 2 is 1.65 bits per heavy atom. The maximum Gasteiger partial charge on any atom is 0.159 e. The molecule has 0 fully saturated rings. The van der Waals surface area contributed by atoms with E-state index in [0.717, 1.165) is 17.7 Å². The number of nitrogens with one attached hydrogen (secondary N) is 1. The number of benzene rings is 2. The number of aryl methyl sites for hydroxylation is 1. The van der Waals surface area contributed by atoms with E-state index < -0.39 is 17.7 Å². The molecule has 1 N–H and O–H groups in total. The standard InChI is InChI=1S/C16H16F3N/c1-3-20-16(11-5-7-14(18)15(19)9-11)12-8-10(2)4-6-13(12)17/h4-9,16,20H,3H2,1-2H3. The molecule has 0 spiro atoms. The molecule has 0 aliphatic carbocycles. The first-order chi connectivity index (χ1) is 9.52. The van der Waals surface area contributed by atoms with Gasteiger partial charge in [0.15, 0.2) is 11.6 Å². The Kier molecular flexibility index (Phi) is 4.45. The zero-order valence-corrected chi connectivity index (χ0v) is 11.4. The molecule has 0 radical (unpaired) electrons. The lowest BCUT2D eigenvalue weighted by Crippen LogP contribution is -2.23. The Balaban J connectivity index is 2.49. The monoisotopic (exact) mass is 279 g/mol. The van der Waals surface area contributed by atoms with Gasteiger partial charge in [-0.1, -0.05) is 30.7 Å². The molecule has 0 amide bonds. The van der Waals surface area contributed by atoms with Crippen LogP contribution in [0, 0.1) is 24.4 Å². The van der Waals surface area contributed by atoms with Gasteiger partial charge in [-0.3, -0.25) is 0 Å². The summed E-state index contributed by atoms with van der Waals surface area (Å²) in [7, 11) is 0. The van der Waals surface area contributed by atoms with Gasteiger partial charge in [-0.05, 0) is 37.2 Å². The van der Waals surface area contributed by atoms with Crippen LogP contribution in [0.15, 0.2) is 36.4 Å². The first kappa shape index (κ1) is 14.6. The second-order valence-corrected chi connectivity index (χ2v) is 4.69. The lowest BCUT2D eigenvalue weighted by molar-refractivity contribution is 0.502. The highest BCUT2D eigenvalue weighted by Crippen LogP contribution is 2.26. The van der Waals surface area contributed by atoms with Gasteiger partial charge in [0.05, 0.1) is 6.04 Å². The second kappa shape index (κ2) is 6.09. The quantitative estimate of drug-likeness (QED) is 0.888. The van der Waals surface area contributed by atoms with Crippen LogP contribution in [0.25, 0.3) is 0 Å². The van der Waals surface area contributed by atoms with Crippen LogP contribution >= 0.6 is 0 Å². The zero-order valence-electron chi connectivity index (χ0n) is 11.4. The summed E-state index contributed by atoms with van der Waals surface area (Å²) >= 11 is 0. The van der Waals surface area contributed by atoms with E-state index in [1.807, 2.05) is 13.8 Å². The molecule has 1 nitrogen and oxygen atoms in total. The van der Waals surface area contributed by atoms with Gasteiger partial charge in [0, 0.05) is 5.56 Å². The summed E-state index contributed by atoms with van der Waals surface area (Å²) in [6, 6.07) is 7.89. The minimum atomic E-state index is -0.932. The van der Waals surface area contributed by atoms with Gasteiger partial charge in [-0.15, -0.1) is 0 Å². The Hall–Kier alpha value is -1.81. The van der Waals surface area contributed by atoms with E-state index in [4.69, 9.17) is 0 Å². The van der Waals surface area contributed by atoms with Crippen LogP contribution in [0.1, 0.15) is 29.7 Å². The van der Waals surface area contributed by atoms with Gasteiger partial charge in [0.1, 0.15) is 5.82 Å². The molecule has 2 aromatic carbocycles. The average molecular weight is 279 g/mol. The summed E-state index contributed by atoms with van der Waals surface area (Å²) in [4.78, 5) is 0. The van der Waals surface area contributed by atoms with Crippen LogP contribution in [0.5, 0.6) is 0 Å². The Bertz CT molecular complexity index is 611. The summed E-state index contributed by atoms with van der Waals surface area (Å²) in [5.41, 5.74) is 1.83. The molecule has 0 heterocycles. The van der Waals surface area contributed by atoms with Crippen molar-refractivity contribution >= 4 is 0 Å². The fraction of sp³-hybridized carbons (Fsp3) is 0.250. The number of hydrogen-bond acceptors (Lipinski definition) is 1. The predicted octanol–water partition coefficient (Wildman–Crippen LogP) is 4.11. The maximum atomic E-state index is 14.0. The van der Waals surface area contributed by atoms with Gasteiger partial charge in [0.25, 0.3) is 0 Å². The van der Waals surface area contributed by atoms with Gasteiger partial charge < -0.3 is 5.32 Å². The third-order valence-electron chi connectivity index (χ3n) is 3.15. The van der Waals surface area contributed by atoms with Crippen molar-refractivity contribution < 1.29 is 13.2 Å². The molecule has 4 heteroatoms. The first-order valence-electron chi connectivity index (χ1n) is 6.47. The Labute approximate surface area is 116 Å². The summed E-state index contributed by atoms with van der Waals surface area (Å²) in [6.45, 7) is 4.31. The third kappa shape index (κ3) is 3.02. The predicted molar refractivity (Wildman–Crippen MR) is 73.0 cm³/mol. The SMILES string of the molecule is CCNC(c1ccc(F)c(F)c1)c1cc(C)ccc1F. The van der Waals surface area contributed by atoms with E-state index in [0.29, 0.717) is 17.7 Å². The van der Waals surface area contributed by atoms with Crippen LogP contribution < -0.4 is 5.32 Å². The van der Waals surface area contributed by atoms with E-state index in [9.17, 15) is 13.2 Å². The highest BCUT2D eigenvalue weighted by atomic mass is 19.2. The van der Waals surface area contributed by atoms with Crippen LogP contribution in [0.3, 0.4) is 0 Å². The normalized spacial score (nSPS) is 12.4. The molecule has 0 bridgehead atoms. The molecule has 2 aromatic rings. The lowest BCUT2D eigenvalue weighted by atomic mass is 9.96. The third-order valence-corrected chi connectivity index (χ3v) is 3.15. The molecule has 0 aromatic heterocycles. The van der Waals surface area contributed by atoms with Crippen LogP contribution in [0.2, 0.25) is 0 Å². The minimum Gasteiger partial charge on any atom is -0.306 e. The smallest absolute Gasteiger partial charge is 0.159 e. The summed E-state index contributed by atoms with van der Waals surface area (Å²) in [5, 5.41) is 3.10. The minimum absolute atomic E-state index is 0.369. The van der Waals surface area contributed by atoms with Crippen molar-refractivity contribution in [1.29, 1.82) is 0 Å². The van der Waals surface area contributed by atoms with Crippen molar-refractivity contribution in [3.05, 3.63) is 70.5 Å². The first-order valence-corrected chi connectivity index (χ1v) is 6.47. The van der Waals surface area contributed by atoms with Gasteiger partial charge >= 0.3 is 0 Å².